The Morgan fingerprint density at radius 3 is 2.33 bits per heavy atom. The summed E-state index contributed by atoms with van der Waals surface area (Å²) in [6.45, 7) is 11.1. The van der Waals surface area contributed by atoms with Gasteiger partial charge >= 0.3 is 6.09 Å². The number of halogens is 2. The van der Waals surface area contributed by atoms with E-state index in [4.69, 9.17) is 4.74 Å². The second kappa shape index (κ2) is 9.15. The number of carbonyl (C=O) groups is 2. The summed E-state index contributed by atoms with van der Waals surface area (Å²) in [6, 6.07) is 3.91. The highest BCUT2D eigenvalue weighted by Crippen LogP contribution is 2.18. The second-order valence-electron chi connectivity index (χ2n) is 8.19. The number of rotatable bonds is 7. The van der Waals surface area contributed by atoms with Crippen molar-refractivity contribution in [2.24, 2.45) is 5.92 Å². The zero-order valence-electron chi connectivity index (χ0n) is 16.9. The zero-order chi connectivity index (χ0) is 20.8. The van der Waals surface area contributed by atoms with Gasteiger partial charge in [-0.05, 0) is 51.7 Å². The predicted molar refractivity (Wildman–Crippen MR) is 100 cm³/mol. The third-order valence-electron chi connectivity index (χ3n) is 4.35. The fraction of sp³-hybridized carbons (Fsp3) is 0.600. The number of nitrogens with one attached hydrogen (secondary N) is 2. The van der Waals surface area contributed by atoms with Crippen molar-refractivity contribution in [2.45, 2.75) is 65.5 Å². The molecule has 152 valence electrons. The van der Waals surface area contributed by atoms with Gasteiger partial charge in [-0.15, -0.1) is 0 Å². The van der Waals surface area contributed by atoms with Crippen molar-refractivity contribution in [3.63, 3.8) is 0 Å². The molecule has 0 aliphatic rings. The standard InChI is InChI=1S/C20H30F2N2O3/c1-13(2)20(6,12-23-18(26)27-19(3,4)5)24-16(25)11-10-14-8-7-9-15(21)17(14)22/h7-9,13H,10-12H2,1-6H3,(H,23,26)(H,24,25). The van der Waals surface area contributed by atoms with E-state index in [0.717, 1.165) is 6.07 Å². The van der Waals surface area contributed by atoms with Gasteiger partial charge < -0.3 is 15.4 Å². The summed E-state index contributed by atoms with van der Waals surface area (Å²) >= 11 is 0. The molecule has 0 heterocycles. The average Bonchev–Trinajstić information content (AvgIpc) is 2.52. The SMILES string of the molecule is CC(C)C(C)(CNC(=O)OC(C)(C)C)NC(=O)CCc1cccc(F)c1F. The van der Waals surface area contributed by atoms with Crippen LogP contribution in [0.5, 0.6) is 0 Å². The zero-order valence-corrected chi connectivity index (χ0v) is 16.9. The molecule has 2 N–H and O–H groups in total. The van der Waals surface area contributed by atoms with Crippen molar-refractivity contribution >= 4 is 12.0 Å². The van der Waals surface area contributed by atoms with Crippen LogP contribution in [0.3, 0.4) is 0 Å². The van der Waals surface area contributed by atoms with Crippen LogP contribution in [0, 0.1) is 17.6 Å². The van der Waals surface area contributed by atoms with E-state index in [9.17, 15) is 18.4 Å². The quantitative estimate of drug-likeness (QED) is 0.748. The van der Waals surface area contributed by atoms with Gasteiger partial charge in [0.15, 0.2) is 11.6 Å². The maximum Gasteiger partial charge on any atom is 0.407 e. The van der Waals surface area contributed by atoms with E-state index in [1.54, 1.807) is 20.8 Å². The molecule has 0 aromatic heterocycles. The Kier molecular flexibility index (Phi) is 7.75. The molecule has 7 heteroatoms. The van der Waals surface area contributed by atoms with Gasteiger partial charge in [0.05, 0.1) is 5.54 Å². The lowest BCUT2D eigenvalue weighted by Crippen LogP contribution is -2.57. The molecule has 0 fully saturated rings. The van der Waals surface area contributed by atoms with Crippen LogP contribution in [0.1, 0.15) is 53.5 Å². The number of benzene rings is 1. The molecule has 0 saturated heterocycles. The Morgan fingerprint density at radius 1 is 1.15 bits per heavy atom. The molecule has 0 aliphatic carbocycles. The fourth-order valence-corrected chi connectivity index (χ4v) is 2.33. The van der Waals surface area contributed by atoms with Gasteiger partial charge in [0, 0.05) is 13.0 Å². The van der Waals surface area contributed by atoms with Crippen molar-refractivity contribution in [3.05, 3.63) is 35.4 Å². The van der Waals surface area contributed by atoms with Crippen LogP contribution < -0.4 is 10.6 Å². The number of carbonyl (C=O) groups excluding carboxylic acids is 2. The van der Waals surface area contributed by atoms with Gasteiger partial charge in [0.25, 0.3) is 0 Å². The summed E-state index contributed by atoms with van der Waals surface area (Å²) in [4.78, 5) is 24.2. The van der Waals surface area contributed by atoms with Gasteiger partial charge in [0.2, 0.25) is 5.91 Å². The molecule has 1 unspecified atom stereocenters. The topological polar surface area (TPSA) is 67.4 Å². The monoisotopic (exact) mass is 384 g/mol. The third-order valence-corrected chi connectivity index (χ3v) is 4.35. The molecule has 0 spiro atoms. The first-order valence-electron chi connectivity index (χ1n) is 9.05. The minimum Gasteiger partial charge on any atom is -0.444 e. The third kappa shape index (κ3) is 7.53. The van der Waals surface area contributed by atoms with Gasteiger partial charge in [-0.25, -0.2) is 13.6 Å². The highest BCUT2D eigenvalue weighted by atomic mass is 19.2. The van der Waals surface area contributed by atoms with Crippen molar-refractivity contribution in [1.82, 2.24) is 10.6 Å². The van der Waals surface area contributed by atoms with Crippen LogP contribution in [0.2, 0.25) is 0 Å². The second-order valence-corrected chi connectivity index (χ2v) is 8.19. The van der Waals surface area contributed by atoms with Crippen molar-refractivity contribution in [2.75, 3.05) is 6.54 Å². The lowest BCUT2D eigenvalue weighted by atomic mass is 9.88. The molecular formula is C20H30F2N2O3. The van der Waals surface area contributed by atoms with Crippen LogP contribution >= 0.6 is 0 Å². The minimum atomic E-state index is -0.929. The molecule has 1 rings (SSSR count). The molecule has 27 heavy (non-hydrogen) atoms. The first-order chi connectivity index (χ1) is 12.3. The first kappa shape index (κ1) is 22.9. The van der Waals surface area contributed by atoms with E-state index >= 15 is 0 Å². The average molecular weight is 384 g/mol. The molecule has 0 radical (unpaired) electrons. The largest absolute Gasteiger partial charge is 0.444 e. The lowest BCUT2D eigenvalue weighted by molar-refractivity contribution is -0.123. The van der Waals surface area contributed by atoms with Crippen LogP contribution in [-0.4, -0.2) is 29.7 Å². The highest BCUT2D eigenvalue weighted by molar-refractivity contribution is 5.77. The van der Waals surface area contributed by atoms with E-state index in [2.05, 4.69) is 10.6 Å². The molecule has 5 nitrogen and oxygen atoms in total. The van der Waals surface area contributed by atoms with E-state index < -0.39 is 28.9 Å². The summed E-state index contributed by atoms with van der Waals surface area (Å²) in [5, 5.41) is 5.56. The summed E-state index contributed by atoms with van der Waals surface area (Å²) in [5.41, 5.74) is -1.17. The van der Waals surface area contributed by atoms with E-state index in [-0.39, 0.29) is 36.8 Å². The number of hydrogen-bond acceptors (Lipinski definition) is 3. The van der Waals surface area contributed by atoms with Crippen LogP contribution in [0.15, 0.2) is 18.2 Å². The Hall–Kier alpha value is -2.18. The van der Waals surface area contributed by atoms with Gasteiger partial charge in [0.1, 0.15) is 5.60 Å². The number of hydrogen-bond donors (Lipinski definition) is 2. The molecule has 1 aromatic carbocycles. The maximum atomic E-state index is 13.7. The molecule has 2 amide bonds. The van der Waals surface area contributed by atoms with Gasteiger partial charge in [-0.1, -0.05) is 26.0 Å². The van der Waals surface area contributed by atoms with Crippen molar-refractivity contribution < 1.29 is 23.1 Å². The molecule has 1 aromatic rings. The summed E-state index contributed by atoms with van der Waals surface area (Å²) in [5.74, 6) is -2.15. The summed E-state index contributed by atoms with van der Waals surface area (Å²) < 4.78 is 32.1. The maximum absolute atomic E-state index is 13.7. The highest BCUT2D eigenvalue weighted by Gasteiger charge is 2.31. The number of aryl methyl sites for hydroxylation is 1. The van der Waals surface area contributed by atoms with Crippen molar-refractivity contribution in [3.8, 4) is 0 Å². The lowest BCUT2D eigenvalue weighted by Gasteiger charge is -2.35. The van der Waals surface area contributed by atoms with Crippen LogP contribution in [-0.2, 0) is 16.0 Å². The number of ether oxygens (including phenoxy) is 1. The fourth-order valence-electron chi connectivity index (χ4n) is 2.33. The molecule has 0 bridgehead atoms. The smallest absolute Gasteiger partial charge is 0.407 e. The Labute approximate surface area is 159 Å². The van der Waals surface area contributed by atoms with E-state index in [1.807, 2.05) is 20.8 Å². The first-order valence-corrected chi connectivity index (χ1v) is 9.05. The molecule has 0 saturated carbocycles. The Bertz CT molecular complexity index is 672. The van der Waals surface area contributed by atoms with E-state index in [0.29, 0.717) is 0 Å². The predicted octanol–water partition coefficient (Wildman–Crippen LogP) is 3.95. The van der Waals surface area contributed by atoms with Gasteiger partial charge in [-0.3, -0.25) is 4.79 Å². The number of amides is 2. The summed E-state index contributed by atoms with van der Waals surface area (Å²) in [6.07, 6.45) is -0.469. The molecule has 0 aliphatic heterocycles. The minimum absolute atomic E-state index is 0.00905. The normalized spacial score (nSPS) is 13.8. The Morgan fingerprint density at radius 2 is 1.78 bits per heavy atom. The van der Waals surface area contributed by atoms with Crippen molar-refractivity contribution in [1.29, 1.82) is 0 Å². The molecule has 1 atom stereocenters. The van der Waals surface area contributed by atoms with E-state index in [1.165, 1.54) is 12.1 Å². The number of alkyl carbamates (subject to hydrolysis) is 1. The summed E-state index contributed by atoms with van der Waals surface area (Å²) in [7, 11) is 0. The van der Waals surface area contributed by atoms with Crippen LogP contribution in [0.4, 0.5) is 13.6 Å². The van der Waals surface area contributed by atoms with Gasteiger partial charge in [-0.2, -0.15) is 0 Å². The molecular weight excluding hydrogens is 354 g/mol. The Balaban J connectivity index is 2.65. The van der Waals surface area contributed by atoms with Crippen LogP contribution in [0.25, 0.3) is 0 Å².